The molecule has 3 aromatic rings. The summed E-state index contributed by atoms with van der Waals surface area (Å²) in [4.78, 5) is 17.3. The molecule has 0 spiro atoms. The van der Waals surface area contributed by atoms with Gasteiger partial charge in [-0.25, -0.2) is 13.4 Å². The van der Waals surface area contributed by atoms with Crippen LogP contribution in [0, 0.1) is 0 Å². The number of benzene rings is 2. The maximum atomic E-state index is 12.4. The number of para-hydroxylation sites is 2. The van der Waals surface area contributed by atoms with Crippen molar-refractivity contribution in [3.05, 3.63) is 48.5 Å². The molecule has 1 heterocycles. The summed E-state index contributed by atoms with van der Waals surface area (Å²) in [7, 11) is -3.25. The number of hydrogen-bond acceptors (Lipinski definition) is 5. The van der Waals surface area contributed by atoms with Gasteiger partial charge in [-0.15, -0.1) is 0 Å². The lowest BCUT2D eigenvalue weighted by Crippen LogP contribution is -2.14. The number of hydrogen-bond donors (Lipinski definition) is 1. The van der Waals surface area contributed by atoms with Crippen molar-refractivity contribution in [2.75, 3.05) is 17.3 Å². The first-order valence-electron chi connectivity index (χ1n) is 10.1. The normalized spacial score (nSPS) is 11.7. The molecule has 8 heteroatoms. The van der Waals surface area contributed by atoms with E-state index < -0.39 is 9.84 Å². The van der Waals surface area contributed by atoms with Gasteiger partial charge in [0.05, 0.1) is 21.7 Å². The Hall–Kier alpha value is -2.32. The largest absolute Gasteiger partial charge is 0.325 e. The summed E-state index contributed by atoms with van der Waals surface area (Å²) >= 11 is 1.42. The van der Waals surface area contributed by atoms with E-state index in [1.165, 1.54) is 43.2 Å². The molecule has 0 fully saturated rings. The van der Waals surface area contributed by atoms with E-state index in [1.54, 1.807) is 12.1 Å². The van der Waals surface area contributed by atoms with Gasteiger partial charge in [-0.3, -0.25) is 4.79 Å². The topological polar surface area (TPSA) is 81.1 Å². The molecule has 0 saturated carbocycles. The maximum absolute atomic E-state index is 12.4. The minimum Gasteiger partial charge on any atom is -0.325 e. The van der Waals surface area contributed by atoms with Crippen LogP contribution in [0.5, 0.6) is 0 Å². The van der Waals surface area contributed by atoms with Crippen molar-refractivity contribution in [3.8, 4) is 0 Å². The summed E-state index contributed by atoms with van der Waals surface area (Å²) in [6.07, 6.45) is 5.83. The van der Waals surface area contributed by atoms with Crippen molar-refractivity contribution in [3.63, 3.8) is 0 Å². The number of anilines is 1. The van der Waals surface area contributed by atoms with E-state index in [2.05, 4.69) is 22.9 Å². The van der Waals surface area contributed by atoms with Gasteiger partial charge < -0.3 is 9.88 Å². The first-order valence-corrected chi connectivity index (χ1v) is 12.9. The van der Waals surface area contributed by atoms with Gasteiger partial charge in [-0.1, -0.05) is 50.1 Å². The number of aryl methyl sites for hydroxylation is 1. The molecular formula is C22H27N3O3S2. The molecule has 2 aromatic carbocycles. The Morgan fingerprint density at radius 3 is 2.50 bits per heavy atom. The van der Waals surface area contributed by atoms with Crippen molar-refractivity contribution in [1.82, 2.24) is 9.55 Å². The van der Waals surface area contributed by atoms with E-state index in [0.29, 0.717) is 5.69 Å². The molecule has 1 aromatic heterocycles. The third-order valence-corrected chi connectivity index (χ3v) is 6.86. The molecule has 0 aliphatic carbocycles. The highest BCUT2D eigenvalue weighted by Gasteiger charge is 2.13. The molecule has 3 rings (SSSR count). The van der Waals surface area contributed by atoms with Gasteiger partial charge in [-0.2, -0.15) is 0 Å². The number of amides is 1. The van der Waals surface area contributed by atoms with Crippen LogP contribution in [0.25, 0.3) is 11.0 Å². The summed E-state index contributed by atoms with van der Waals surface area (Å²) < 4.78 is 25.3. The first-order chi connectivity index (χ1) is 14.4. The zero-order valence-electron chi connectivity index (χ0n) is 17.3. The minimum atomic E-state index is -3.25. The molecule has 30 heavy (non-hydrogen) atoms. The monoisotopic (exact) mass is 445 g/mol. The molecule has 0 aliphatic heterocycles. The highest BCUT2D eigenvalue weighted by molar-refractivity contribution is 7.99. The van der Waals surface area contributed by atoms with Crippen LogP contribution in [0.4, 0.5) is 5.69 Å². The number of fused-ring (bicyclic) bond motifs is 1. The van der Waals surface area contributed by atoms with Gasteiger partial charge in [-0.05, 0) is 42.8 Å². The SMILES string of the molecule is CCCCCCn1c(SCC(=O)Nc2ccc(S(C)(=O)=O)cc2)nc2ccccc21. The van der Waals surface area contributed by atoms with Crippen LogP contribution in [0.1, 0.15) is 32.6 Å². The number of unbranched alkanes of at least 4 members (excludes halogenated alkanes) is 3. The first kappa shape index (κ1) is 22.4. The molecule has 160 valence electrons. The van der Waals surface area contributed by atoms with Crippen molar-refractivity contribution >= 4 is 44.2 Å². The van der Waals surface area contributed by atoms with E-state index in [9.17, 15) is 13.2 Å². The summed E-state index contributed by atoms with van der Waals surface area (Å²) in [6.45, 7) is 3.08. The molecule has 1 N–H and O–H groups in total. The van der Waals surface area contributed by atoms with Gasteiger partial charge >= 0.3 is 0 Å². The predicted molar refractivity (Wildman–Crippen MR) is 123 cm³/mol. The third-order valence-electron chi connectivity index (χ3n) is 4.75. The van der Waals surface area contributed by atoms with Crippen LogP contribution in [-0.2, 0) is 21.2 Å². The van der Waals surface area contributed by atoms with E-state index in [0.717, 1.165) is 35.4 Å². The van der Waals surface area contributed by atoms with Gasteiger partial charge in [0.25, 0.3) is 0 Å². The smallest absolute Gasteiger partial charge is 0.234 e. The van der Waals surface area contributed by atoms with Gasteiger partial charge in [0, 0.05) is 18.5 Å². The number of nitrogens with one attached hydrogen (secondary N) is 1. The number of rotatable bonds is 10. The molecule has 0 radical (unpaired) electrons. The number of aromatic nitrogens is 2. The fraction of sp³-hybridized carbons (Fsp3) is 0.364. The van der Waals surface area contributed by atoms with Crippen LogP contribution >= 0.6 is 11.8 Å². The molecule has 0 saturated heterocycles. The number of thioether (sulfide) groups is 1. The Balaban J connectivity index is 1.65. The molecule has 0 atom stereocenters. The number of nitrogens with zero attached hydrogens (tertiary/aromatic N) is 2. The molecule has 0 bridgehead atoms. The molecule has 6 nitrogen and oxygen atoms in total. The number of carbonyl (C=O) groups excluding carboxylic acids is 1. The number of sulfone groups is 1. The minimum absolute atomic E-state index is 0.156. The zero-order valence-corrected chi connectivity index (χ0v) is 18.9. The Kier molecular flexibility index (Phi) is 7.55. The van der Waals surface area contributed by atoms with E-state index in [-0.39, 0.29) is 16.6 Å². The molecule has 0 aliphatic rings. The zero-order chi connectivity index (χ0) is 21.6. The number of imidazole rings is 1. The lowest BCUT2D eigenvalue weighted by atomic mass is 10.2. The Morgan fingerprint density at radius 2 is 1.80 bits per heavy atom. The molecular weight excluding hydrogens is 418 g/mol. The van der Waals surface area contributed by atoms with Crippen LogP contribution in [0.3, 0.4) is 0 Å². The Bertz CT molecular complexity index is 1110. The second kappa shape index (κ2) is 10.1. The highest BCUT2D eigenvalue weighted by atomic mass is 32.2. The van der Waals surface area contributed by atoms with Gasteiger partial charge in [0.1, 0.15) is 0 Å². The second-order valence-corrected chi connectivity index (χ2v) is 10.2. The lowest BCUT2D eigenvalue weighted by Gasteiger charge is -2.09. The van der Waals surface area contributed by atoms with Gasteiger partial charge in [0.2, 0.25) is 5.91 Å². The quantitative estimate of drug-likeness (QED) is 0.360. The summed E-state index contributed by atoms with van der Waals surface area (Å²) in [5, 5.41) is 3.66. The number of carbonyl (C=O) groups is 1. The van der Waals surface area contributed by atoms with Crippen LogP contribution in [-0.4, -0.2) is 35.9 Å². The van der Waals surface area contributed by atoms with E-state index in [1.807, 2.05) is 18.2 Å². The lowest BCUT2D eigenvalue weighted by molar-refractivity contribution is -0.113. The summed E-state index contributed by atoms with van der Waals surface area (Å²) in [6, 6.07) is 14.2. The second-order valence-electron chi connectivity index (χ2n) is 7.23. The van der Waals surface area contributed by atoms with Gasteiger partial charge in [0.15, 0.2) is 15.0 Å². The van der Waals surface area contributed by atoms with Crippen LogP contribution < -0.4 is 5.32 Å². The predicted octanol–water partition coefficient (Wildman–Crippen LogP) is 4.75. The fourth-order valence-electron chi connectivity index (χ4n) is 3.19. The Morgan fingerprint density at radius 1 is 1.07 bits per heavy atom. The third kappa shape index (κ3) is 5.86. The molecule has 0 unspecified atom stereocenters. The maximum Gasteiger partial charge on any atom is 0.234 e. The van der Waals surface area contributed by atoms with Crippen molar-refractivity contribution < 1.29 is 13.2 Å². The summed E-state index contributed by atoms with van der Waals surface area (Å²) in [5.74, 6) is 0.0724. The van der Waals surface area contributed by atoms with Crippen LogP contribution in [0.2, 0.25) is 0 Å². The molecule has 1 amide bonds. The fourth-order valence-corrected chi connectivity index (χ4v) is 4.66. The van der Waals surface area contributed by atoms with Crippen molar-refractivity contribution in [2.45, 2.75) is 49.2 Å². The van der Waals surface area contributed by atoms with E-state index in [4.69, 9.17) is 4.98 Å². The van der Waals surface area contributed by atoms with Crippen molar-refractivity contribution in [2.24, 2.45) is 0 Å². The standard InChI is InChI=1S/C22H27N3O3S2/c1-3-4-5-8-15-25-20-10-7-6-9-19(20)24-22(25)29-16-21(26)23-17-11-13-18(14-12-17)30(2,27)28/h6-7,9-14H,3-5,8,15-16H2,1-2H3,(H,23,26). The summed E-state index contributed by atoms with van der Waals surface area (Å²) in [5.41, 5.74) is 2.60. The highest BCUT2D eigenvalue weighted by Crippen LogP contribution is 2.25. The van der Waals surface area contributed by atoms with Crippen molar-refractivity contribution in [1.29, 1.82) is 0 Å². The average Bonchev–Trinajstić information content (AvgIpc) is 3.07. The average molecular weight is 446 g/mol. The van der Waals surface area contributed by atoms with Crippen LogP contribution in [0.15, 0.2) is 58.6 Å². The van der Waals surface area contributed by atoms with E-state index >= 15 is 0 Å². The Labute approximate surface area is 182 Å².